The first-order valence-corrected chi connectivity index (χ1v) is 6.15. The minimum atomic E-state index is -4.72. The first-order chi connectivity index (χ1) is 9.96. The average Bonchev–Trinajstić information content (AvgIpc) is 2.85. The van der Waals surface area contributed by atoms with Crippen LogP contribution in [-0.4, -0.2) is 17.9 Å². The Morgan fingerprint density at radius 3 is 2.48 bits per heavy atom. The molecular formula is C13H13F3N2O3. The summed E-state index contributed by atoms with van der Waals surface area (Å²) in [5.74, 6) is -0.0311. The van der Waals surface area contributed by atoms with Gasteiger partial charge in [0.25, 0.3) is 0 Å². The van der Waals surface area contributed by atoms with Crippen LogP contribution in [0.4, 0.5) is 13.2 Å². The molecule has 0 spiro atoms. The van der Waals surface area contributed by atoms with Crippen molar-refractivity contribution >= 4 is 0 Å². The highest BCUT2D eigenvalue weighted by Gasteiger charge is 2.30. The van der Waals surface area contributed by atoms with Gasteiger partial charge in [0.15, 0.2) is 0 Å². The number of hydrogen-bond acceptors (Lipinski definition) is 5. The van der Waals surface area contributed by atoms with E-state index < -0.39 is 6.36 Å². The van der Waals surface area contributed by atoms with Gasteiger partial charge in [-0.15, -0.1) is 13.2 Å². The molecular weight excluding hydrogens is 289 g/mol. The predicted octanol–water partition coefficient (Wildman–Crippen LogP) is 3.48. The maximum absolute atomic E-state index is 12.0. The lowest BCUT2D eigenvalue weighted by molar-refractivity contribution is -0.274. The van der Waals surface area contributed by atoms with Gasteiger partial charge in [-0.05, 0) is 30.8 Å². The Morgan fingerprint density at radius 2 is 1.86 bits per heavy atom. The molecule has 2 rings (SSSR count). The lowest BCUT2D eigenvalue weighted by Crippen LogP contribution is -2.16. The molecule has 0 aliphatic rings. The standard InChI is InChI=1S/C13H13F3N2O3/c1-2-17-7-9-8-19-12(18-9)20-10-3-5-11(6-4-10)21-13(14,15)16/h3-6,8,17H,2,7H2,1H3. The highest BCUT2D eigenvalue weighted by molar-refractivity contribution is 5.32. The molecule has 8 heteroatoms. The molecule has 0 saturated heterocycles. The van der Waals surface area contributed by atoms with Crippen LogP contribution < -0.4 is 14.8 Å². The van der Waals surface area contributed by atoms with Crippen molar-refractivity contribution in [2.75, 3.05) is 6.54 Å². The number of rotatable bonds is 6. The van der Waals surface area contributed by atoms with Gasteiger partial charge in [0.05, 0.1) is 5.69 Å². The van der Waals surface area contributed by atoms with Gasteiger partial charge >= 0.3 is 12.4 Å². The normalized spacial score (nSPS) is 11.4. The number of hydrogen-bond donors (Lipinski definition) is 1. The molecule has 1 N–H and O–H groups in total. The fourth-order valence-electron chi connectivity index (χ4n) is 1.48. The number of aromatic nitrogens is 1. The van der Waals surface area contributed by atoms with Crippen LogP contribution in [0.25, 0.3) is 0 Å². The molecule has 0 bridgehead atoms. The molecule has 114 valence electrons. The van der Waals surface area contributed by atoms with E-state index in [1.807, 2.05) is 6.92 Å². The monoisotopic (exact) mass is 302 g/mol. The zero-order valence-corrected chi connectivity index (χ0v) is 11.1. The van der Waals surface area contributed by atoms with Gasteiger partial charge in [-0.3, -0.25) is 0 Å². The second-order valence-electron chi connectivity index (χ2n) is 4.01. The largest absolute Gasteiger partial charge is 0.573 e. The number of alkyl halides is 3. The maximum Gasteiger partial charge on any atom is 0.573 e. The summed E-state index contributed by atoms with van der Waals surface area (Å²) in [6.45, 7) is 3.30. The minimum Gasteiger partial charge on any atom is -0.417 e. The molecule has 0 aliphatic carbocycles. The third kappa shape index (κ3) is 4.99. The summed E-state index contributed by atoms with van der Waals surface area (Å²) < 4.78 is 50.2. The van der Waals surface area contributed by atoms with Crippen molar-refractivity contribution in [1.82, 2.24) is 10.3 Å². The Hall–Kier alpha value is -2.22. The van der Waals surface area contributed by atoms with Crippen molar-refractivity contribution in [2.24, 2.45) is 0 Å². The Bertz CT molecular complexity index is 567. The number of nitrogens with zero attached hydrogens (tertiary/aromatic N) is 1. The Balaban J connectivity index is 1.95. The van der Waals surface area contributed by atoms with Crippen molar-refractivity contribution in [2.45, 2.75) is 19.8 Å². The predicted molar refractivity (Wildman–Crippen MR) is 67.1 cm³/mol. The quantitative estimate of drug-likeness (QED) is 0.885. The van der Waals surface area contributed by atoms with Crippen LogP contribution in [0.5, 0.6) is 17.6 Å². The van der Waals surface area contributed by atoms with Gasteiger partial charge in [-0.1, -0.05) is 6.92 Å². The summed E-state index contributed by atoms with van der Waals surface area (Å²) in [5, 5.41) is 3.07. The van der Waals surface area contributed by atoms with E-state index in [1.54, 1.807) is 0 Å². The van der Waals surface area contributed by atoms with Gasteiger partial charge in [-0.25, -0.2) is 0 Å². The SMILES string of the molecule is CCNCc1coc(Oc2ccc(OC(F)(F)F)cc2)n1. The summed E-state index contributed by atoms with van der Waals surface area (Å²) in [4.78, 5) is 4.06. The molecule has 0 atom stereocenters. The van der Waals surface area contributed by atoms with Crippen LogP contribution in [0.1, 0.15) is 12.6 Å². The summed E-state index contributed by atoms with van der Waals surface area (Å²) in [7, 11) is 0. The minimum absolute atomic E-state index is 0.0207. The number of ether oxygens (including phenoxy) is 2. The molecule has 2 aromatic rings. The van der Waals surface area contributed by atoms with Crippen LogP contribution >= 0.6 is 0 Å². The third-order valence-corrected chi connectivity index (χ3v) is 2.35. The summed E-state index contributed by atoms with van der Waals surface area (Å²) in [5.41, 5.74) is 0.670. The molecule has 1 heterocycles. The molecule has 0 radical (unpaired) electrons. The van der Waals surface area contributed by atoms with Crippen LogP contribution in [-0.2, 0) is 6.54 Å². The smallest absolute Gasteiger partial charge is 0.417 e. The summed E-state index contributed by atoms with van der Waals surface area (Å²) >= 11 is 0. The van der Waals surface area contributed by atoms with Gasteiger partial charge in [0.1, 0.15) is 17.8 Å². The van der Waals surface area contributed by atoms with Gasteiger partial charge in [0, 0.05) is 6.54 Å². The second-order valence-corrected chi connectivity index (χ2v) is 4.01. The van der Waals surface area contributed by atoms with Crippen LogP contribution in [0.15, 0.2) is 34.9 Å². The van der Waals surface area contributed by atoms with E-state index in [0.717, 1.165) is 18.7 Å². The van der Waals surface area contributed by atoms with Crippen molar-refractivity contribution in [1.29, 1.82) is 0 Å². The fraction of sp³-hybridized carbons (Fsp3) is 0.308. The third-order valence-electron chi connectivity index (χ3n) is 2.35. The van der Waals surface area contributed by atoms with Crippen molar-refractivity contribution < 1.29 is 27.1 Å². The number of benzene rings is 1. The van der Waals surface area contributed by atoms with Crippen LogP contribution in [0.3, 0.4) is 0 Å². The van der Waals surface area contributed by atoms with Gasteiger partial charge in [0.2, 0.25) is 0 Å². The van der Waals surface area contributed by atoms with E-state index >= 15 is 0 Å². The van der Waals surface area contributed by atoms with E-state index in [9.17, 15) is 13.2 Å². The molecule has 1 aromatic carbocycles. The lowest BCUT2D eigenvalue weighted by atomic mass is 10.3. The highest BCUT2D eigenvalue weighted by Crippen LogP contribution is 2.26. The molecule has 0 saturated carbocycles. The first-order valence-electron chi connectivity index (χ1n) is 6.15. The average molecular weight is 302 g/mol. The molecule has 5 nitrogen and oxygen atoms in total. The number of halogens is 3. The molecule has 0 unspecified atom stereocenters. The van der Waals surface area contributed by atoms with E-state index in [4.69, 9.17) is 9.15 Å². The summed E-state index contributed by atoms with van der Waals surface area (Å²) in [6.07, 6.45) is -3.25. The first kappa shape index (κ1) is 15.2. The maximum atomic E-state index is 12.0. The second kappa shape index (κ2) is 6.49. The molecule has 0 aliphatic heterocycles. The van der Waals surface area contributed by atoms with E-state index in [-0.39, 0.29) is 11.8 Å². The van der Waals surface area contributed by atoms with Crippen molar-refractivity contribution in [3.05, 3.63) is 36.2 Å². The number of nitrogens with one attached hydrogen (secondary N) is 1. The highest BCUT2D eigenvalue weighted by atomic mass is 19.4. The Kier molecular flexibility index (Phi) is 4.69. The molecule has 0 amide bonds. The van der Waals surface area contributed by atoms with Gasteiger partial charge in [-0.2, -0.15) is 4.98 Å². The molecule has 1 aromatic heterocycles. The van der Waals surface area contributed by atoms with E-state index in [2.05, 4.69) is 15.0 Å². The van der Waals surface area contributed by atoms with Crippen LogP contribution in [0, 0.1) is 0 Å². The van der Waals surface area contributed by atoms with Crippen molar-refractivity contribution in [3.63, 3.8) is 0 Å². The zero-order valence-electron chi connectivity index (χ0n) is 11.1. The Morgan fingerprint density at radius 1 is 1.19 bits per heavy atom. The van der Waals surface area contributed by atoms with Gasteiger partial charge < -0.3 is 19.2 Å². The van der Waals surface area contributed by atoms with E-state index in [0.29, 0.717) is 18.0 Å². The van der Waals surface area contributed by atoms with E-state index in [1.165, 1.54) is 18.4 Å². The summed E-state index contributed by atoms with van der Waals surface area (Å²) in [6, 6.07) is 4.95. The molecule has 0 fully saturated rings. The molecule has 21 heavy (non-hydrogen) atoms. The number of oxazole rings is 1. The topological polar surface area (TPSA) is 56.5 Å². The fourth-order valence-corrected chi connectivity index (χ4v) is 1.48. The van der Waals surface area contributed by atoms with Crippen molar-refractivity contribution in [3.8, 4) is 17.6 Å². The van der Waals surface area contributed by atoms with Crippen LogP contribution in [0.2, 0.25) is 0 Å². The zero-order chi connectivity index (χ0) is 15.3. The lowest BCUT2D eigenvalue weighted by Gasteiger charge is -2.08. The Labute approximate surface area is 118 Å².